The normalized spacial score (nSPS) is 11.1. The molecule has 150 valence electrons. The number of carbonyl (C=O) groups excluding carboxylic acids is 2. The van der Waals surface area contributed by atoms with E-state index >= 15 is 0 Å². The molecule has 0 fully saturated rings. The van der Waals surface area contributed by atoms with Crippen molar-refractivity contribution in [2.45, 2.75) is 19.6 Å². The van der Waals surface area contributed by atoms with E-state index in [1.807, 2.05) is 36.4 Å². The van der Waals surface area contributed by atoms with Crippen molar-refractivity contribution < 1.29 is 19.1 Å². The minimum Gasteiger partial charge on any atom is -0.489 e. The topological polar surface area (TPSA) is 88.4 Å². The molecule has 0 bridgehead atoms. The minimum absolute atomic E-state index is 0.290. The summed E-state index contributed by atoms with van der Waals surface area (Å²) in [4.78, 5) is 24.7. The van der Waals surface area contributed by atoms with Gasteiger partial charge in [0.25, 0.3) is 5.91 Å². The van der Waals surface area contributed by atoms with E-state index in [9.17, 15) is 9.59 Å². The monoisotopic (exact) mass is 400 g/mol. The van der Waals surface area contributed by atoms with Gasteiger partial charge in [0.1, 0.15) is 12.4 Å². The van der Waals surface area contributed by atoms with E-state index in [2.05, 4.69) is 5.32 Å². The molecule has 0 aliphatic heterocycles. The molecule has 3 rings (SSSR count). The van der Waals surface area contributed by atoms with Gasteiger partial charge in [0.05, 0.1) is 17.2 Å². The molecule has 0 saturated heterocycles. The summed E-state index contributed by atoms with van der Waals surface area (Å²) in [5.41, 5.74) is 2.30. The van der Waals surface area contributed by atoms with Gasteiger partial charge < -0.3 is 14.8 Å². The fourth-order valence-corrected chi connectivity index (χ4v) is 2.61. The number of anilines is 1. The van der Waals surface area contributed by atoms with Crippen LogP contribution in [0.2, 0.25) is 0 Å². The van der Waals surface area contributed by atoms with Crippen molar-refractivity contribution in [3.05, 3.63) is 95.6 Å². The fourth-order valence-electron chi connectivity index (χ4n) is 2.61. The van der Waals surface area contributed by atoms with E-state index in [1.54, 1.807) is 48.5 Å². The molecule has 0 aromatic heterocycles. The number of nitrogens with zero attached hydrogens (tertiary/aromatic N) is 1. The first-order valence-corrected chi connectivity index (χ1v) is 9.34. The van der Waals surface area contributed by atoms with Crippen LogP contribution < -0.4 is 10.1 Å². The van der Waals surface area contributed by atoms with Gasteiger partial charge in [-0.1, -0.05) is 36.4 Å². The third kappa shape index (κ3) is 5.69. The maximum absolute atomic E-state index is 12.4. The summed E-state index contributed by atoms with van der Waals surface area (Å²) in [6.07, 6.45) is -0.998. The van der Waals surface area contributed by atoms with E-state index in [4.69, 9.17) is 14.7 Å². The predicted molar refractivity (Wildman–Crippen MR) is 112 cm³/mol. The molecule has 0 heterocycles. The van der Waals surface area contributed by atoms with Gasteiger partial charge in [-0.25, -0.2) is 4.79 Å². The van der Waals surface area contributed by atoms with Gasteiger partial charge in [-0.05, 0) is 55.0 Å². The SMILES string of the molecule is C[C@H](OC(=O)c1cccc(OCc2ccccc2)c1)C(=O)Nc1ccc(C#N)cc1. The van der Waals surface area contributed by atoms with Crippen molar-refractivity contribution in [2.24, 2.45) is 0 Å². The summed E-state index contributed by atoms with van der Waals surface area (Å²) in [6.45, 7) is 1.87. The molecule has 0 saturated carbocycles. The number of carbonyl (C=O) groups is 2. The Bertz CT molecular complexity index is 1060. The van der Waals surface area contributed by atoms with Crippen LogP contribution in [0, 0.1) is 11.3 Å². The van der Waals surface area contributed by atoms with Gasteiger partial charge in [0.2, 0.25) is 0 Å². The summed E-state index contributed by atoms with van der Waals surface area (Å²) in [6, 6.07) is 24.7. The molecule has 3 aromatic rings. The van der Waals surface area contributed by atoms with Crippen LogP contribution in [-0.2, 0) is 16.1 Å². The second-order valence-corrected chi connectivity index (χ2v) is 6.53. The summed E-state index contributed by atoms with van der Waals surface area (Å²) in [5, 5.41) is 11.5. The van der Waals surface area contributed by atoms with Crippen molar-refractivity contribution in [3.63, 3.8) is 0 Å². The minimum atomic E-state index is -0.998. The average Bonchev–Trinajstić information content (AvgIpc) is 2.79. The zero-order valence-electron chi connectivity index (χ0n) is 16.4. The van der Waals surface area contributed by atoms with Crippen LogP contribution in [0.1, 0.15) is 28.4 Å². The fraction of sp³-hybridized carbons (Fsp3) is 0.125. The first kappa shape index (κ1) is 20.6. The molecule has 0 unspecified atom stereocenters. The van der Waals surface area contributed by atoms with Crippen LogP contribution in [-0.4, -0.2) is 18.0 Å². The number of hydrogen-bond acceptors (Lipinski definition) is 5. The molecule has 6 nitrogen and oxygen atoms in total. The molecule has 1 amide bonds. The molecule has 6 heteroatoms. The highest BCUT2D eigenvalue weighted by Crippen LogP contribution is 2.17. The van der Waals surface area contributed by atoms with Crippen molar-refractivity contribution in [2.75, 3.05) is 5.32 Å². The number of ether oxygens (including phenoxy) is 2. The Labute approximate surface area is 174 Å². The lowest BCUT2D eigenvalue weighted by Crippen LogP contribution is -2.30. The van der Waals surface area contributed by atoms with Gasteiger partial charge in [-0.15, -0.1) is 0 Å². The van der Waals surface area contributed by atoms with Crippen LogP contribution in [0.15, 0.2) is 78.9 Å². The summed E-state index contributed by atoms with van der Waals surface area (Å²) >= 11 is 0. The van der Waals surface area contributed by atoms with Gasteiger partial charge in [0.15, 0.2) is 6.10 Å². The molecular formula is C24H20N2O4. The van der Waals surface area contributed by atoms with Crippen molar-refractivity contribution in [1.82, 2.24) is 0 Å². The molecular weight excluding hydrogens is 380 g/mol. The van der Waals surface area contributed by atoms with Gasteiger partial charge >= 0.3 is 5.97 Å². The van der Waals surface area contributed by atoms with Crippen LogP contribution in [0.25, 0.3) is 0 Å². The quantitative estimate of drug-likeness (QED) is 0.597. The first-order valence-electron chi connectivity index (χ1n) is 9.34. The second-order valence-electron chi connectivity index (χ2n) is 6.53. The number of rotatable bonds is 7. The zero-order valence-corrected chi connectivity index (χ0v) is 16.4. The largest absolute Gasteiger partial charge is 0.489 e. The second kappa shape index (κ2) is 9.89. The highest BCUT2D eigenvalue weighted by Gasteiger charge is 2.19. The van der Waals surface area contributed by atoms with Gasteiger partial charge in [0, 0.05) is 5.69 Å². The number of nitrogens with one attached hydrogen (secondary N) is 1. The van der Waals surface area contributed by atoms with E-state index in [1.165, 1.54) is 6.92 Å². The molecule has 0 aliphatic rings. The molecule has 0 aliphatic carbocycles. The highest BCUT2D eigenvalue weighted by atomic mass is 16.5. The molecule has 1 N–H and O–H groups in total. The third-order valence-corrected chi connectivity index (χ3v) is 4.25. The zero-order chi connectivity index (χ0) is 21.3. The number of hydrogen-bond donors (Lipinski definition) is 1. The standard InChI is InChI=1S/C24H20N2O4/c1-17(23(27)26-21-12-10-18(15-25)11-13-21)30-24(28)20-8-5-9-22(14-20)29-16-19-6-3-2-4-7-19/h2-14,17H,16H2,1H3,(H,26,27)/t17-/m0/s1. The predicted octanol–water partition coefficient (Wildman–Crippen LogP) is 4.32. The number of benzene rings is 3. The maximum Gasteiger partial charge on any atom is 0.339 e. The molecule has 0 spiro atoms. The number of amides is 1. The Morgan fingerprint density at radius 2 is 1.73 bits per heavy atom. The van der Waals surface area contributed by atoms with E-state index in [0.29, 0.717) is 29.2 Å². The Morgan fingerprint density at radius 1 is 1.00 bits per heavy atom. The number of nitriles is 1. The molecule has 3 aromatic carbocycles. The van der Waals surface area contributed by atoms with Gasteiger partial charge in [-0.3, -0.25) is 4.79 Å². The first-order chi connectivity index (χ1) is 14.5. The Balaban J connectivity index is 1.56. The third-order valence-electron chi connectivity index (χ3n) is 4.25. The maximum atomic E-state index is 12.4. The molecule has 1 atom stereocenters. The van der Waals surface area contributed by atoms with E-state index < -0.39 is 18.0 Å². The Kier molecular flexibility index (Phi) is 6.80. The number of esters is 1. The van der Waals surface area contributed by atoms with E-state index in [-0.39, 0.29) is 0 Å². The lowest BCUT2D eigenvalue weighted by atomic mass is 10.2. The van der Waals surface area contributed by atoms with Crippen molar-refractivity contribution in [3.8, 4) is 11.8 Å². The lowest BCUT2D eigenvalue weighted by molar-refractivity contribution is -0.123. The summed E-state index contributed by atoms with van der Waals surface area (Å²) < 4.78 is 11.0. The lowest BCUT2D eigenvalue weighted by Gasteiger charge is -2.14. The van der Waals surface area contributed by atoms with Crippen LogP contribution >= 0.6 is 0 Å². The summed E-state index contributed by atoms with van der Waals surface area (Å²) in [7, 11) is 0. The smallest absolute Gasteiger partial charge is 0.339 e. The average molecular weight is 400 g/mol. The molecule has 30 heavy (non-hydrogen) atoms. The Hall–Kier alpha value is -4.11. The van der Waals surface area contributed by atoms with Gasteiger partial charge in [-0.2, -0.15) is 5.26 Å². The van der Waals surface area contributed by atoms with Crippen molar-refractivity contribution >= 4 is 17.6 Å². The van der Waals surface area contributed by atoms with Crippen LogP contribution in [0.3, 0.4) is 0 Å². The molecule has 0 radical (unpaired) electrons. The summed E-state index contributed by atoms with van der Waals surface area (Å²) in [5.74, 6) is -0.560. The van der Waals surface area contributed by atoms with Crippen LogP contribution in [0.4, 0.5) is 5.69 Å². The Morgan fingerprint density at radius 3 is 2.43 bits per heavy atom. The van der Waals surface area contributed by atoms with Crippen molar-refractivity contribution in [1.29, 1.82) is 5.26 Å². The van der Waals surface area contributed by atoms with Crippen LogP contribution in [0.5, 0.6) is 5.75 Å². The highest BCUT2D eigenvalue weighted by molar-refractivity contribution is 5.97. The van der Waals surface area contributed by atoms with E-state index in [0.717, 1.165) is 5.56 Å².